The van der Waals surface area contributed by atoms with Crippen molar-refractivity contribution in [3.8, 4) is 6.01 Å². The molecule has 114 valence electrons. The van der Waals surface area contributed by atoms with Crippen LogP contribution in [-0.2, 0) is 0 Å². The summed E-state index contributed by atoms with van der Waals surface area (Å²) in [7, 11) is 1.75. The van der Waals surface area contributed by atoms with E-state index in [9.17, 15) is 0 Å². The zero-order valence-corrected chi connectivity index (χ0v) is 12.7. The number of nitrogens with one attached hydrogen (secondary N) is 2. The van der Waals surface area contributed by atoms with Crippen molar-refractivity contribution in [2.24, 2.45) is 5.41 Å². The van der Waals surface area contributed by atoms with E-state index in [0.29, 0.717) is 37.5 Å². The lowest BCUT2D eigenvalue weighted by Gasteiger charge is -2.23. The van der Waals surface area contributed by atoms with E-state index in [4.69, 9.17) is 9.84 Å². The fraction of sp³-hybridized carbons (Fsp3) is 0.769. The summed E-state index contributed by atoms with van der Waals surface area (Å²) < 4.78 is 5.44. The van der Waals surface area contributed by atoms with E-state index in [2.05, 4.69) is 39.4 Å². The van der Waals surface area contributed by atoms with Crippen LogP contribution in [0, 0.1) is 5.41 Å². The van der Waals surface area contributed by atoms with Crippen molar-refractivity contribution in [2.75, 3.05) is 37.4 Å². The number of anilines is 2. The maximum absolute atomic E-state index is 9.02. The van der Waals surface area contributed by atoms with Crippen LogP contribution in [0.5, 0.6) is 6.01 Å². The molecule has 1 heterocycles. The van der Waals surface area contributed by atoms with Gasteiger partial charge in [-0.3, -0.25) is 0 Å². The lowest BCUT2D eigenvalue weighted by atomic mass is 9.90. The Morgan fingerprint density at radius 2 is 1.90 bits per heavy atom. The summed E-state index contributed by atoms with van der Waals surface area (Å²) in [6.45, 7) is 7.57. The summed E-state index contributed by atoms with van der Waals surface area (Å²) in [5.74, 6) is 0.940. The third kappa shape index (κ3) is 5.56. The molecular formula is C13H25N5O2. The molecule has 0 saturated carbocycles. The lowest BCUT2D eigenvalue weighted by Crippen LogP contribution is -2.25. The molecule has 0 unspecified atom stereocenters. The number of nitrogens with zero attached hydrogens (tertiary/aromatic N) is 3. The van der Waals surface area contributed by atoms with Crippen LogP contribution in [0.25, 0.3) is 0 Å². The van der Waals surface area contributed by atoms with Crippen molar-refractivity contribution >= 4 is 11.9 Å². The van der Waals surface area contributed by atoms with Crippen molar-refractivity contribution in [1.82, 2.24) is 15.0 Å². The molecule has 0 amide bonds. The summed E-state index contributed by atoms with van der Waals surface area (Å²) in [4.78, 5) is 12.6. The van der Waals surface area contributed by atoms with Gasteiger partial charge in [-0.1, -0.05) is 20.8 Å². The molecule has 0 aliphatic heterocycles. The minimum atomic E-state index is -0.0361. The Hall–Kier alpha value is -1.63. The van der Waals surface area contributed by atoms with Crippen molar-refractivity contribution in [3.05, 3.63) is 0 Å². The van der Waals surface area contributed by atoms with E-state index in [-0.39, 0.29) is 12.0 Å². The first-order valence-electron chi connectivity index (χ1n) is 6.92. The summed E-state index contributed by atoms with van der Waals surface area (Å²) in [6, 6.07) is 0.314. The maximum Gasteiger partial charge on any atom is 0.323 e. The van der Waals surface area contributed by atoms with E-state index in [0.717, 1.165) is 6.42 Å². The zero-order valence-electron chi connectivity index (χ0n) is 12.7. The third-order valence-electron chi connectivity index (χ3n) is 2.79. The quantitative estimate of drug-likeness (QED) is 0.632. The molecular weight excluding hydrogens is 258 g/mol. The molecule has 7 heteroatoms. The Kier molecular flexibility index (Phi) is 6.44. The highest BCUT2D eigenvalue weighted by atomic mass is 16.5. The molecule has 0 fully saturated rings. The molecule has 1 rings (SSSR count). The Bertz CT molecular complexity index is 412. The van der Waals surface area contributed by atoms with Crippen molar-refractivity contribution in [2.45, 2.75) is 33.6 Å². The van der Waals surface area contributed by atoms with E-state index in [1.807, 2.05) is 6.92 Å². The van der Waals surface area contributed by atoms with Gasteiger partial charge < -0.3 is 20.5 Å². The Morgan fingerprint density at radius 3 is 2.50 bits per heavy atom. The molecule has 0 aromatic carbocycles. The second-order valence-corrected chi connectivity index (χ2v) is 5.36. The van der Waals surface area contributed by atoms with Crippen LogP contribution in [0.4, 0.5) is 11.9 Å². The SMILES string of the molecule is CCCOc1nc(NC)nc(NCC(C)(C)CCO)n1. The molecule has 0 saturated heterocycles. The average molecular weight is 283 g/mol. The van der Waals surface area contributed by atoms with Gasteiger partial charge in [0.25, 0.3) is 0 Å². The van der Waals surface area contributed by atoms with Crippen molar-refractivity contribution < 1.29 is 9.84 Å². The van der Waals surface area contributed by atoms with Crippen LogP contribution in [0.3, 0.4) is 0 Å². The van der Waals surface area contributed by atoms with Crippen LogP contribution in [0.2, 0.25) is 0 Å². The van der Waals surface area contributed by atoms with Crippen molar-refractivity contribution in [1.29, 1.82) is 0 Å². The lowest BCUT2D eigenvalue weighted by molar-refractivity contribution is 0.220. The van der Waals surface area contributed by atoms with Crippen LogP contribution >= 0.6 is 0 Å². The first-order valence-corrected chi connectivity index (χ1v) is 6.92. The Balaban J connectivity index is 2.73. The molecule has 3 N–H and O–H groups in total. The predicted molar refractivity (Wildman–Crippen MR) is 79.1 cm³/mol. The van der Waals surface area contributed by atoms with Gasteiger partial charge in [-0.2, -0.15) is 15.0 Å². The molecule has 0 spiro atoms. The highest BCUT2D eigenvalue weighted by molar-refractivity contribution is 5.35. The van der Waals surface area contributed by atoms with Gasteiger partial charge >= 0.3 is 6.01 Å². The van der Waals surface area contributed by atoms with E-state index in [1.165, 1.54) is 0 Å². The molecule has 1 aromatic heterocycles. The highest BCUT2D eigenvalue weighted by Crippen LogP contribution is 2.20. The molecule has 0 bridgehead atoms. The minimum Gasteiger partial charge on any atom is -0.463 e. The molecule has 1 aromatic rings. The number of aliphatic hydroxyl groups is 1. The fourth-order valence-corrected chi connectivity index (χ4v) is 1.51. The number of ether oxygens (including phenoxy) is 1. The average Bonchev–Trinajstić information content (AvgIpc) is 2.43. The van der Waals surface area contributed by atoms with Gasteiger partial charge in [-0.15, -0.1) is 0 Å². The number of aromatic nitrogens is 3. The number of hydrogen-bond donors (Lipinski definition) is 3. The number of aliphatic hydroxyl groups excluding tert-OH is 1. The Morgan fingerprint density at radius 1 is 1.20 bits per heavy atom. The van der Waals surface area contributed by atoms with Crippen molar-refractivity contribution in [3.63, 3.8) is 0 Å². The van der Waals surface area contributed by atoms with Gasteiger partial charge in [-0.25, -0.2) is 0 Å². The summed E-state index contributed by atoms with van der Waals surface area (Å²) in [5.41, 5.74) is -0.0361. The second kappa shape index (κ2) is 7.84. The maximum atomic E-state index is 9.02. The van der Waals surface area contributed by atoms with Gasteiger partial charge in [0.05, 0.1) is 6.61 Å². The molecule has 0 aliphatic rings. The summed E-state index contributed by atoms with van der Waals surface area (Å²) in [5, 5.41) is 15.1. The first-order chi connectivity index (χ1) is 9.50. The minimum absolute atomic E-state index is 0.0361. The molecule has 0 aliphatic carbocycles. The summed E-state index contributed by atoms with van der Waals surface area (Å²) >= 11 is 0. The number of hydrogen-bond acceptors (Lipinski definition) is 7. The van der Waals surface area contributed by atoms with Gasteiger partial charge in [0.2, 0.25) is 11.9 Å². The van der Waals surface area contributed by atoms with Gasteiger partial charge in [0.1, 0.15) is 0 Å². The largest absolute Gasteiger partial charge is 0.463 e. The van der Waals surface area contributed by atoms with Crippen LogP contribution in [0.15, 0.2) is 0 Å². The normalized spacial score (nSPS) is 11.2. The molecule has 7 nitrogen and oxygen atoms in total. The fourth-order valence-electron chi connectivity index (χ4n) is 1.51. The van der Waals surface area contributed by atoms with E-state index >= 15 is 0 Å². The van der Waals surface area contributed by atoms with Gasteiger partial charge in [0, 0.05) is 20.2 Å². The zero-order chi connectivity index (χ0) is 15.0. The van der Waals surface area contributed by atoms with Crippen LogP contribution in [0.1, 0.15) is 33.6 Å². The first kappa shape index (κ1) is 16.4. The highest BCUT2D eigenvalue weighted by Gasteiger charge is 2.18. The van der Waals surface area contributed by atoms with Crippen LogP contribution in [-0.4, -0.2) is 46.9 Å². The smallest absolute Gasteiger partial charge is 0.323 e. The summed E-state index contributed by atoms with van der Waals surface area (Å²) in [6.07, 6.45) is 1.61. The molecule has 0 atom stereocenters. The molecule has 20 heavy (non-hydrogen) atoms. The predicted octanol–water partition coefficient (Wildman–Crippen LogP) is 1.52. The van der Waals surface area contributed by atoms with Crippen LogP contribution < -0.4 is 15.4 Å². The van der Waals surface area contributed by atoms with E-state index < -0.39 is 0 Å². The Labute approximate surface area is 120 Å². The second-order valence-electron chi connectivity index (χ2n) is 5.36. The van der Waals surface area contributed by atoms with Gasteiger partial charge in [0.15, 0.2) is 0 Å². The molecule has 0 radical (unpaired) electrons. The standard InChI is InChI=1S/C13H25N5O2/c1-5-8-20-12-17-10(14-4)16-11(18-12)15-9-13(2,3)6-7-19/h19H,5-9H2,1-4H3,(H2,14,15,16,17,18). The van der Waals surface area contributed by atoms with Gasteiger partial charge in [-0.05, 0) is 18.3 Å². The van der Waals surface area contributed by atoms with E-state index in [1.54, 1.807) is 7.05 Å². The topological polar surface area (TPSA) is 92.2 Å². The monoisotopic (exact) mass is 283 g/mol. The number of rotatable bonds is 9. The third-order valence-corrected chi connectivity index (χ3v) is 2.79.